The molecule has 0 radical (unpaired) electrons. The van der Waals surface area contributed by atoms with E-state index in [-0.39, 0.29) is 0 Å². The number of nitrogens with one attached hydrogen (secondary N) is 1. The van der Waals surface area contributed by atoms with E-state index in [4.69, 9.17) is 10.5 Å². The van der Waals surface area contributed by atoms with Crippen LogP contribution in [0, 0.1) is 0 Å². The van der Waals surface area contributed by atoms with Crippen LogP contribution >= 0.6 is 11.8 Å². The lowest BCUT2D eigenvalue weighted by Gasteiger charge is -2.22. The maximum atomic E-state index is 11.4. The number of hydrogen-bond acceptors (Lipinski definition) is 4. The summed E-state index contributed by atoms with van der Waals surface area (Å²) in [6, 6.07) is -0.727. The number of nitrogens with two attached hydrogens (primary N) is 1. The van der Waals surface area contributed by atoms with Crippen molar-refractivity contribution in [2.45, 2.75) is 32.4 Å². The summed E-state index contributed by atoms with van der Waals surface area (Å²) >= 11 is 1.46. The first-order chi connectivity index (χ1) is 7.76. The van der Waals surface area contributed by atoms with E-state index in [0.29, 0.717) is 11.5 Å². The third-order valence-corrected chi connectivity index (χ3v) is 2.60. The van der Waals surface area contributed by atoms with Gasteiger partial charge in [0, 0.05) is 11.5 Å². The highest BCUT2D eigenvalue weighted by atomic mass is 32.2. The van der Waals surface area contributed by atoms with Crippen LogP contribution in [-0.4, -0.2) is 35.1 Å². The molecule has 0 aromatic heterocycles. The van der Waals surface area contributed by atoms with Crippen molar-refractivity contribution in [2.24, 2.45) is 5.73 Å². The Balaban J connectivity index is 4.20. The van der Waals surface area contributed by atoms with E-state index in [1.54, 1.807) is 26.8 Å². The molecular weight excluding hydrogens is 240 g/mol. The van der Waals surface area contributed by atoms with E-state index in [0.717, 1.165) is 0 Å². The predicted octanol–water partition coefficient (Wildman–Crippen LogP) is 1.28. The first kappa shape index (κ1) is 15.8. The smallest absolute Gasteiger partial charge is 0.408 e. The Bertz CT molecular complexity index is 287. The molecule has 1 atom stereocenters. The summed E-state index contributed by atoms with van der Waals surface area (Å²) in [4.78, 5) is 22.5. The zero-order chi connectivity index (χ0) is 13.5. The van der Waals surface area contributed by atoms with Crippen molar-refractivity contribution in [3.05, 3.63) is 12.7 Å². The number of thioether (sulfide) groups is 1. The summed E-state index contributed by atoms with van der Waals surface area (Å²) in [5, 5.41) is 2.44. The molecule has 0 bridgehead atoms. The van der Waals surface area contributed by atoms with E-state index in [9.17, 15) is 9.59 Å². The van der Waals surface area contributed by atoms with Gasteiger partial charge in [-0.15, -0.1) is 6.58 Å². The van der Waals surface area contributed by atoms with Gasteiger partial charge in [0.15, 0.2) is 0 Å². The lowest BCUT2D eigenvalue weighted by atomic mass is 10.2. The predicted molar refractivity (Wildman–Crippen MR) is 69.9 cm³/mol. The van der Waals surface area contributed by atoms with Gasteiger partial charge in [-0.05, 0) is 20.8 Å². The van der Waals surface area contributed by atoms with Crippen LogP contribution < -0.4 is 11.1 Å². The topological polar surface area (TPSA) is 81.4 Å². The van der Waals surface area contributed by atoms with Gasteiger partial charge >= 0.3 is 6.09 Å². The molecule has 0 unspecified atom stereocenters. The number of carbonyl (C=O) groups excluding carboxylic acids is 2. The number of hydrogen-bond donors (Lipinski definition) is 2. The van der Waals surface area contributed by atoms with Crippen LogP contribution in [0.1, 0.15) is 20.8 Å². The van der Waals surface area contributed by atoms with E-state index < -0.39 is 23.6 Å². The number of ether oxygens (including phenoxy) is 1. The zero-order valence-electron chi connectivity index (χ0n) is 10.5. The molecule has 2 amide bonds. The zero-order valence-corrected chi connectivity index (χ0v) is 11.3. The number of amides is 2. The van der Waals surface area contributed by atoms with Gasteiger partial charge in [-0.1, -0.05) is 6.08 Å². The summed E-state index contributed by atoms with van der Waals surface area (Å²) in [5.41, 5.74) is 4.59. The second kappa shape index (κ2) is 7.21. The summed E-state index contributed by atoms with van der Waals surface area (Å²) in [6.07, 6.45) is 1.08. The Hall–Kier alpha value is -1.17. The molecule has 0 fully saturated rings. The highest BCUT2D eigenvalue weighted by molar-refractivity contribution is 7.99. The number of rotatable bonds is 6. The molecule has 17 heavy (non-hydrogen) atoms. The van der Waals surface area contributed by atoms with Crippen LogP contribution in [0.25, 0.3) is 0 Å². The normalized spacial score (nSPS) is 12.6. The molecule has 0 saturated heterocycles. The molecule has 6 heteroatoms. The molecule has 3 N–H and O–H groups in total. The molecule has 5 nitrogen and oxygen atoms in total. The molecule has 0 aromatic carbocycles. The number of alkyl carbamates (subject to hydrolysis) is 1. The van der Waals surface area contributed by atoms with Crippen molar-refractivity contribution < 1.29 is 14.3 Å². The first-order valence-electron chi connectivity index (χ1n) is 5.23. The van der Waals surface area contributed by atoms with Crippen LogP contribution in [-0.2, 0) is 9.53 Å². The molecular formula is C11H20N2O3S. The largest absolute Gasteiger partial charge is 0.444 e. The molecule has 0 rings (SSSR count). The summed E-state index contributed by atoms with van der Waals surface area (Å²) < 4.78 is 5.04. The van der Waals surface area contributed by atoms with Crippen LogP contribution in [0.3, 0.4) is 0 Å². The van der Waals surface area contributed by atoms with Gasteiger partial charge in [-0.2, -0.15) is 11.8 Å². The average Bonchev–Trinajstić information content (AvgIpc) is 2.13. The number of carbonyl (C=O) groups is 2. The second-order valence-corrected chi connectivity index (χ2v) is 5.50. The Morgan fingerprint density at radius 2 is 2.12 bits per heavy atom. The Kier molecular flexibility index (Phi) is 6.72. The van der Waals surface area contributed by atoms with Gasteiger partial charge in [0.25, 0.3) is 0 Å². The van der Waals surface area contributed by atoms with Crippen molar-refractivity contribution in [1.82, 2.24) is 5.32 Å². The van der Waals surface area contributed by atoms with Crippen LogP contribution in [0.15, 0.2) is 12.7 Å². The van der Waals surface area contributed by atoms with E-state index in [1.807, 2.05) is 0 Å². The standard InChI is InChI=1S/C11H20N2O3S/c1-5-6-17-7-8(9(12)14)13-10(15)16-11(2,3)4/h5,8H,1,6-7H2,2-4H3,(H2,12,14)(H,13,15)/t8-/m0/s1. The lowest BCUT2D eigenvalue weighted by Crippen LogP contribution is -2.47. The van der Waals surface area contributed by atoms with E-state index in [1.165, 1.54) is 11.8 Å². The minimum Gasteiger partial charge on any atom is -0.444 e. The molecule has 0 aliphatic heterocycles. The van der Waals surface area contributed by atoms with Gasteiger partial charge in [0.1, 0.15) is 11.6 Å². The third kappa shape index (κ3) is 8.62. The highest BCUT2D eigenvalue weighted by Crippen LogP contribution is 2.08. The lowest BCUT2D eigenvalue weighted by molar-refractivity contribution is -0.119. The fourth-order valence-corrected chi connectivity index (χ4v) is 1.70. The van der Waals surface area contributed by atoms with Crippen LogP contribution in [0.4, 0.5) is 4.79 Å². The second-order valence-electron chi connectivity index (χ2n) is 4.43. The Morgan fingerprint density at radius 1 is 1.53 bits per heavy atom. The molecule has 0 aromatic rings. The summed E-state index contributed by atoms with van der Waals surface area (Å²) in [6.45, 7) is 8.81. The van der Waals surface area contributed by atoms with Gasteiger partial charge in [-0.25, -0.2) is 4.79 Å². The summed E-state index contributed by atoms with van der Waals surface area (Å²) in [5.74, 6) is 0.521. The molecule has 98 valence electrons. The SMILES string of the molecule is C=CCSC[C@H](NC(=O)OC(C)(C)C)C(N)=O. The Labute approximate surface area is 106 Å². The first-order valence-corrected chi connectivity index (χ1v) is 6.39. The third-order valence-electron chi connectivity index (χ3n) is 1.55. The van der Waals surface area contributed by atoms with Crippen molar-refractivity contribution in [1.29, 1.82) is 0 Å². The molecule has 0 aliphatic carbocycles. The average molecular weight is 260 g/mol. The van der Waals surface area contributed by atoms with Gasteiger partial charge in [-0.3, -0.25) is 4.79 Å². The molecule has 0 aliphatic rings. The molecule has 0 saturated carbocycles. The van der Waals surface area contributed by atoms with Gasteiger partial charge in [0.2, 0.25) is 5.91 Å². The highest BCUT2D eigenvalue weighted by Gasteiger charge is 2.22. The van der Waals surface area contributed by atoms with Crippen molar-refractivity contribution in [2.75, 3.05) is 11.5 Å². The van der Waals surface area contributed by atoms with Crippen molar-refractivity contribution in [3.8, 4) is 0 Å². The monoisotopic (exact) mass is 260 g/mol. The van der Waals surface area contributed by atoms with E-state index in [2.05, 4.69) is 11.9 Å². The van der Waals surface area contributed by atoms with E-state index >= 15 is 0 Å². The van der Waals surface area contributed by atoms with Gasteiger partial charge in [0.05, 0.1) is 0 Å². The Morgan fingerprint density at radius 3 is 2.53 bits per heavy atom. The maximum Gasteiger partial charge on any atom is 0.408 e. The van der Waals surface area contributed by atoms with Gasteiger partial charge < -0.3 is 15.8 Å². The van der Waals surface area contributed by atoms with Crippen molar-refractivity contribution in [3.63, 3.8) is 0 Å². The van der Waals surface area contributed by atoms with Crippen LogP contribution in [0.2, 0.25) is 0 Å². The molecule has 0 spiro atoms. The van der Waals surface area contributed by atoms with Crippen molar-refractivity contribution >= 4 is 23.8 Å². The number of primary amides is 1. The van der Waals surface area contributed by atoms with Crippen LogP contribution in [0.5, 0.6) is 0 Å². The minimum absolute atomic E-state index is 0.403. The minimum atomic E-state index is -0.727. The fourth-order valence-electron chi connectivity index (χ4n) is 0.914. The maximum absolute atomic E-state index is 11.4. The summed E-state index contributed by atoms with van der Waals surface area (Å²) in [7, 11) is 0. The molecule has 0 heterocycles. The fraction of sp³-hybridized carbons (Fsp3) is 0.636. The quantitative estimate of drug-likeness (QED) is 0.557.